The molecule has 3 heterocycles. The zero-order valence-corrected chi connectivity index (χ0v) is 14.9. The van der Waals surface area contributed by atoms with Gasteiger partial charge in [-0.2, -0.15) is 0 Å². The number of hydrogen-bond donors (Lipinski definition) is 0. The molecule has 1 aromatic heterocycles. The first-order chi connectivity index (χ1) is 11.2. The third-order valence-corrected chi connectivity index (χ3v) is 5.05. The first kappa shape index (κ1) is 17.4. The Labute approximate surface area is 143 Å². The molecule has 7 heteroatoms. The van der Waals surface area contributed by atoms with Gasteiger partial charge in [0.1, 0.15) is 5.69 Å². The predicted octanol–water partition coefficient (Wildman–Crippen LogP) is 2.02. The molecule has 130 valence electrons. The van der Waals surface area contributed by atoms with Crippen molar-refractivity contribution < 1.29 is 23.6 Å². The van der Waals surface area contributed by atoms with Crippen LogP contribution in [-0.2, 0) is 18.8 Å². The standard InChI is InChI=1S/C17H24BNO5/c1-16(2)17(3,4)24-18(23-16)11-9-12(14-7-6-8-22-14)19-13(10-11)15(20)21-5/h9-10,14H,6-8H2,1-5H3. The molecule has 24 heavy (non-hydrogen) atoms. The molecule has 0 amide bonds. The molecular weight excluding hydrogens is 309 g/mol. The topological polar surface area (TPSA) is 66.9 Å². The smallest absolute Gasteiger partial charge is 0.464 e. The van der Waals surface area contributed by atoms with Crippen molar-refractivity contribution in [3.05, 3.63) is 23.5 Å². The number of carbonyl (C=O) groups is 1. The number of nitrogens with zero attached hydrogens (tertiary/aromatic N) is 1. The molecule has 1 aromatic rings. The quantitative estimate of drug-likeness (QED) is 0.623. The Bertz CT molecular complexity index is 624. The Morgan fingerprint density at radius 2 is 1.92 bits per heavy atom. The van der Waals surface area contributed by atoms with Crippen molar-refractivity contribution >= 4 is 18.6 Å². The Balaban J connectivity index is 1.98. The van der Waals surface area contributed by atoms with E-state index >= 15 is 0 Å². The second-order valence-corrected chi connectivity index (χ2v) is 7.29. The van der Waals surface area contributed by atoms with Gasteiger partial charge in [0.2, 0.25) is 0 Å². The first-order valence-electron chi connectivity index (χ1n) is 8.31. The van der Waals surface area contributed by atoms with Gasteiger partial charge in [0.25, 0.3) is 0 Å². The molecule has 2 fully saturated rings. The third-order valence-electron chi connectivity index (χ3n) is 5.05. The van der Waals surface area contributed by atoms with Gasteiger partial charge in [-0.3, -0.25) is 0 Å². The van der Waals surface area contributed by atoms with Crippen LogP contribution in [0.1, 0.15) is 62.8 Å². The molecule has 2 aliphatic rings. The SMILES string of the molecule is COC(=O)c1cc(B2OC(C)(C)C(C)(C)O2)cc(C2CCCO2)n1. The van der Waals surface area contributed by atoms with Crippen molar-refractivity contribution in [2.45, 2.75) is 57.8 Å². The van der Waals surface area contributed by atoms with Gasteiger partial charge in [-0.25, -0.2) is 9.78 Å². The molecule has 2 aliphatic heterocycles. The molecule has 0 radical (unpaired) electrons. The second kappa shape index (κ2) is 6.13. The number of ether oxygens (including phenoxy) is 2. The fourth-order valence-electron chi connectivity index (χ4n) is 2.87. The minimum atomic E-state index is -0.554. The van der Waals surface area contributed by atoms with Gasteiger partial charge in [0, 0.05) is 6.61 Å². The lowest BCUT2D eigenvalue weighted by Crippen LogP contribution is -2.41. The number of methoxy groups -OCH3 is 1. The molecule has 0 spiro atoms. The highest BCUT2D eigenvalue weighted by Crippen LogP contribution is 2.37. The van der Waals surface area contributed by atoms with Crippen molar-refractivity contribution in [3.63, 3.8) is 0 Å². The van der Waals surface area contributed by atoms with Crippen LogP contribution in [-0.4, -0.2) is 43.0 Å². The number of rotatable bonds is 3. The zero-order chi connectivity index (χ0) is 17.5. The summed E-state index contributed by atoms with van der Waals surface area (Å²) in [6, 6.07) is 3.58. The molecule has 0 saturated carbocycles. The second-order valence-electron chi connectivity index (χ2n) is 7.29. The largest absolute Gasteiger partial charge is 0.494 e. The maximum atomic E-state index is 12.0. The highest BCUT2D eigenvalue weighted by Gasteiger charge is 2.52. The normalized spacial score (nSPS) is 25.0. The average Bonchev–Trinajstić information content (AvgIpc) is 3.13. The lowest BCUT2D eigenvalue weighted by molar-refractivity contribution is 0.00578. The predicted molar refractivity (Wildman–Crippen MR) is 89.2 cm³/mol. The number of aromatic nitrogens is 1. The van der Waals surface area contributed by atoms with Crippen LogP contribution >= 0.6 is 0 Å². The Morgan fingerprint density at radius 3 is 2.46 bits per heavy atom. The van der Waals surface area contributed by atoms with Crippen LogP contribution < -0.4 is 5.46 Å². The fourth-order valence-corrected chi connectivity index (χ4v) is 2.87. The number of hydrogen-bond acceptors (Lipinski definition) is 6. The summed E-state index contributed by atoms with van der Waals surface area (Å²) in [6.45, 7) is 8.69. The van der Waals surface area contributed by atoms with Crippen molar-refractivity contribution in [2.24, 2.45) is 0 Å². The number of carbonyl (C=O) groups excluding carboxylic acids is 1. The summed E-state index contributed by atoms with van der Waals surface area (Å²) in [5.41, 5.74) is 0.831. The van der Waals surface area contributed by atoms with E-state index in [1.165, 1.54) is 7.11 Å². The summed E-state index contributed by atoms with van der Waals surface area (Å²) in [4.78, 5) is 16.4. The van der Waals surface area contributed by atoms with Crippen LogP contribution in [0.25, 0.3) is 0 Å². The van der Waals surface area contributed by atoms with Crippen LogP contribution in [0.2, 0.25) is 0 Å². The minimum Gasteiger partial charge on any atom is -0.464 e. The Kier molecular flexibility index (Phi) is 4.44. The van der Waals surface area contributed by atoms with Crippen molar-refractivity contribution in [2.75, 3.05) is 13.7 Å². The summed E-state index contributed by atoms with van der Waals surface area (Å²) in [7, 11) is 0.790. The van der Waals surface area contributed by atoms with E-state index in [1.807, 2.05) is 33.8 Å². The summed E-state index contributed by atoms with van der Waals surface area (Å²) >= 11 is 0. The molecule has 3 rings (SSSR count). The van der Waals surface area contributed by atoms with Gasteiger partial charge in [-0.05, 0) is 58.1 Å². The van der Waals surface area contributed by atoms with Crippen LogP contribution in [0, 0.1) is 0 Å². The molecular formula is C17H24BNO5. The summed E-state index contributed by atoms with van der Waals surface area (Å²) in [5, 5.41) is 0. The van der Waals surface area contributed by atoms with Gasteiger partial charge in [-0.15, -0.1) is 0 Å². The van der Waals surface area contributed by atoms with Gasteiger partial charge in [0.15, 0.2) is 0 Å². The maximum Gasteiger partial charge on any atom is 0.494 e. The fraction of sp³-hybridized carbons (Fsp3) is 0.647. The van der Waals surface area contributed by atoms with E-state index in [2.05, 4.69) is 4.98 Å². The molecule has 1 atom stereocenters. The molecule has 2 saturated heterocycles. The molecule has 0 aromatic carbocycles. The van der Waals surface area contributed by atoms with Crippen LogP contribution in [0.5, 0.6) is 0 Å². The lowest BCUT2D eigenvalue weighted by Gasteiger charge is -2.32. The van der Waals surface area contributed by atoms with Crippen molar-refractivity contribution in [3.8, 4) is 0 Å². The van der Waals surface area contributed by atoms with E-state index < -0.39 is 24.3 Å². The van der Waals surface area contributed by atoms with E-state index in [4.69, 9.17) is 18.8 Å². The molecule has 1 unspecified atom stereocenters. The summed E-state index contributed by atoms with van der Waals surface area (Å²) < 4.78 is 22.7. The molecule has 6 nitrogen and oxygen atoms in total. The average molecular weight is 333 g/mol. The van der Waals surface area contributed by atoms with Crippen LogP contribution in [0.3, 0.4) is 0 Å². The van der Waals surface area contributed by atoms with Crippen molar-refractivity contribution in [1.29, 1.82) is 0 Å². The van der Waals surface area contributed by atoms with E-state index in [1.54, 1.807) is 6.07 Å². The number of esters is 1. The van der Waals surface area contributed by atoms with E-state index in [9.17, 15) is 4.79 Å². The van der Waals surface area contributed by atoms with E-state index in [-0.39, 0.29) is 11.8 Å². The van der Waals surface area contributed by atoms with Crippen LogP contribution in [0.4, 0.5) is 0 Å². The summed E-state index contributed by atoms with van der Waals surface area (Å²) in [5.74, 6) is -0.479. The molecule has 0 N–H and O–H groups in total. The Hall–Kier alpha value is -1.44. The monoisotopic (exact) mass is 333 g/mol. The van der Waals surface area contributed by atoms with Gasteiger partial charge < -0.3 is 18.8 Å². The zero-order valence-electron chi connectivity index (χ0n) is 14.9. The Morgan fingerprint density at radius 1 is 1.25 bits per heavy atom. The molecule has 0 bridgehead atoms. The maximum absolute atomic E-state index is 12.0. The van der Waals surface area contributed by atoms with Crippen LogP contribution in [0.15, 0.2) is 12.1 Å². The van der Waals surface area contributed by atoms with E-state index in [0.29, 0.717) is 6.61 Å². The highest BCUT2D eigenvalue weighted by atomic mass is 16.7. The first-order valence-corrected chi connectivity index (χ1v) is 8.31. The third kappa shape index (κ3) is 3.08. The van der Waals surface area contributed by atoms with E-state index in [0.717, 1.165) is 24.0 Å². The number of pyridine rings is 1. The van der Waals surface area contributed by atoms with Crippen molar-refractivity contribution in [1.82, 2.24) is 4.98 Å². The minimum absolute atomic E-state index is 0.101. The van der Waals surface area contributed by atoms with Gasteiger partial charge in [-0.1, -0.05) is 0 Å². The lowest BCUT2D eigenvalue weighted by atomic mass is 9.78. The van der Waals surface area contributed by atoms with Gasteiger partial charge in [0.05, 0.1) is 30.1 Å². The highest BCUT2D eigenvalue weighted by molar-refractivity contribution is 6.62. The van der Waals surface area contributed by atoms with Gasteiger partial charge >= 0.3 is 13.1 Å². The molecule has 0 aliphatic carbocycles. The summed E-state index contributed by atoms with van der Waals surface area (Å²) in [6.07, 6.45) is 1.77.